The van der Waals surface area contributed by atoms with E-state index in [0.29, 0.717) is 20.5 Å². The third-order valence-electron chi connectivity index (χ3n) is 2.56. The smallest absolute Gasteiger partial charge is 0.137 e. The molecule has 1 atom stereocenters. The highest BCUT2D eigenvalue weighted by Gasteiger charge is 2.14. The van der Waals surface area contributed by atoms with E-state index in [9.17, 15) is 9.50 Å². The van der Waals surface area contributed by atoms with E-state index in [0.717, 1.165) is 4.90 Å². The van der Waals surface area contributed by atoms with Gasteiger partial charge in [-0.25, -0.2) is 4.39 Å². The van der Waals surface area contributed by atoms with Gasteiger partial charge in [-0.3, -0.25) is 0 Å². The average molecular weight is 317 g/mol. The summed E-state index contributed by atoms with van der Waals surface area (Å²) >= 11 is 13.0. The van der Waals surface area contributed by atoms with E-state index in [1.165, 1.54) is 17.8 Å². The van der Waals surface area contributed by atoms with E-state index in [1.807, 2.05) is 0 Å². The maximum atomic E-state index is 13.9. The molecule has 0 bridgehead atoms. The van der Waals surface area contributed by atoms with Crippen molar-refractivity contribution in [1.29, 1.82) is 0 Å². The summed E-state index contributed by atoms with van der Waals surface area (Å²) in [4.78, 5) is 1.16. The lowest BCUT2D eigenvalue weighted by molar-refractivity contribution is 0.195. The van der Waals surface area contributed by atoms with E-state index in [4.69, 9.17) is 23.2 Å². The Hall–Kier alpha value is -0.740. The fourth-order valence-electron chi connectivity index (χ4n) is 1.62. The number of hydrogen-bond acceptors (Lipinski definition) is 2. The molecule has 0 radical (unpaired) electrons. The van der Waals surface area contributed by atoms with E-state index in [2.05, 4.69) is 0 Å². The van der Waals surface area contributed by atoms with Crippen molar-refractivity contribution in [2.24, 2.45) is 0 Å². The van der Waals surface area contributed by atoms with Crippen LogP contribution in [0.1, 0.15) is 18.6 Å². The zero-order valence-electron chi connectivity index (χ0n) is 10.0. The summed E-state index contributed by atoms with van der Waals surface area (Å²) < 4.78 is 13.9. The van der Waals surface area contributed by atoms with Gasteiger partial charge >= 0.3 is 0 Å². The highest BCUT2D eigenvalue weighted by molar-refractivity contribution is 7.99. The molecule has 0 fully saturated rings. The summed E-state index contributed by atoms with van der Waals surface area (Å²) in [7, 11) is 0. The Morgan fingerprint density at radius 3 is 2.53 bits per heavy atom. The van der Waals surface area contributed by atoms with Crippen molar-refractivity contribution >= 4 is 35.0 Å². The lowest BCUT2D eigenvalue weighted by Crippen LogP contribution is -1.96. The van der Waals surface area contributed by atoms with Crippen molar-refractivity contribution in [3.05, 3.63) is 57.8 Å². The molecule has 2 aromatic carbocycles. The molecule has 100 valence electrons. The molecule has 2 aromatic rings. The lowest BCUT2D eigenvalue weighted by atomic mass is 10.1. The van der Waals surface area contributed by atoms with E-state index in [1.54, 1.807) is 37.3 Å². The maximum absolute atomic E-state index is 13.9. The second kappa shape index (κ2) is 6.14. The predicted octanol–water partition coefficient (Wildman–Crippen LogP) is 5.34. The molecule has 5 heteroatoms. The molecule has 19 heavy (non-hydrogen) atoms. The first-order chi connectivity index (χ1) is 8.99. The Morgan fingerprint density at radius 2 is 1.89 bits per heavy atom. The summed E-state index contributed by atoms with van der Waals surface area (Å²) in [6.07, 6.45) is -0.735. The zero-order chi connectivity index (χ0) is 14.0. The van der Waals surface area contributed by atoms with Gasteiger partial charge in [-0.15, -0.1) is 0 Å². The molecule has 1 N–H and O–H groups in total. The van der Waals surface area contributed by atoms with Gasteiger partial charge in [-0.1, -0.05) is 47.1 Å². The van der Waals surface area contributed by atoms with Gasteiger partial charge in [0, 0.05) is 4.90 Å². The number of hydrogen-bond donors (Lipinski definition) is 1. The summed E-state index contributed by atoms with van der Waals surface area (Å²) in [5.41, 5.74) is 0.552. The van der Waals surface area contributed by atoms with Crippen LogP contribution in [0.25, 0.3) is 0 Å². The average Bonchev–Trinajstić information content (AvgIpc) is 2.36. The van der Waals surface area contributed by atoms with Gasteiger partial charge in [0.2, 0.25) is 0 Å². The SMILES string of the molecule is C[C@H](O)c1cccc(F)c1Sc1ccc(Cl)c(Cl)c1. The Bertz CT molecular complexity index is 602. The largest absolute Gasteiger partial charge is 0.389 e. The van der Waals surface area contributed by atoms with Gasteiger partial charge in [0.15, 0.2) is 0 Å². The van der Waals surface area contributed by atoms with Crippen LogP contribution in [0.2, 0.25) is 10.0 Å². The van der Waals surface area contributed by atoms with Gasteiger partial charge in [0.25, 0.3) is 0 Å². The molecule has 0 aromatic heterocycles. The monoisotopic (exact) mass is 316 g/mol. The minimum atomic E-state index is -0.735. The number of halogens is 3. The highest BCUT2D eigenvalue weighted by atomic mass is 35.5. The Kier molecular flexibility index (Phi) is 4.74. The zero-order valence-corrected chi connectivity index (χ0v) is 12.4. The second-order valence-electron chi connectivity index (χ2n) is 4.01. The second-order valence-corrected chi connectivity index (χ2v) is 5.91. The maximum Gasteiger partial charge on any atom is 0.137 e. The van der Waals surface area contributed by atoms with Crippen LogP contribution in [-0.4, -0.2) is 5.11 Å². The first-order valence-electron chi connectivity index (χ1n) is 5.58. The summed E-state index contributed by atoms with van der Waals surface area (Å²) in [6.45, 7) is 1.60. The van der Waals surface area contributed by atoms with Crippen LogP contribution in [0.4, 0.5) is 4.39 Å². The summed E-state index contributed by atoms with van der Waals surface area (Å²) in [6, 6.07) is 9.74. The Morgan fingerprint density at radius 1 is 1.16 bits per heavy atom. The molecule has 0 saturated carbocycles. The van der Waals surface area contributed by atoms with Gasteiger partial charge in [-0.05, 0) is 36.8 Å². The number of rotatable bonds is 3. The number of aliphatic hydroxyl groups excluding tert-OH is 1. The number of aliphatic hydroxyl groups is 1. The Labute approximate surface area is 125 Å². The Balaban J connectivity index is 2.40. The fraction of sp³-hybridized carbons (Fsp3) is 0.143. The quantitative estimate of drug-likeness (QED) is 0.825. The van der Waals surface area contributed by atoms with Crippen LogP contribution < -0.4 is 0 Å². The molecule has 0 spiro atoms. The molecule has 0 saturated heterocycles. The van der Waals surface area contributed by atoms with Crippen molar-refractivity contribution in [1.82, 2.24) is 0 Å². The van der Waals surface area contributed by atoms with Crippen LogP contribution in [0.3, 0.4) is 0 Å². The molecule has 0 unspecified atom stereocenters. The molecule has 2 rings (SSSR count). The van der Waals surface area contributed by atoms with Crippen LogP contribution in [0.15, 0.2) is 46.2 Å². The molecule has 0 aliphatic heterocycles. The van der Waals surface area contributed by atoms with Crippen LogP contribution >= 0.6 is 35.0 Å². The third kappa shape index (κ3) is 3.42. The van der Waals surface area contributed by atoms with Gasteiger partial charge in [0.1, 0.15) is 5.82 Å². The molecule has 0 aliphatic carbocycles. The minimum Gasteiger partial charge on any atom is -0.389 e. The van der Waals surface area contributed by atoms with Crippen LogP contribution in [0, 0.1) is 5.82 Å². The number of benzene rings is 2. The molecule has 1 nitrogen and oxygen atoms in total. The summed E-state index contributed by atoms with van der Waals surface area (Å²) in [5.74, 6) is -0.366. The van der Waals surface area contributed by atoms with Crippen molar-refractivity contribution in [3.63, 3.8) is 0 Å². The molecule has 0 amide bonds. The normalized spacial score (nSPS) is 12.5. The van der Waals surface area contributed by atoms with E-state index < -0.39 is 6.10 Å². The van der Waals surface area contributed by atoms with E-state index >= 15 is 0 Å². The molecular weight excluding hydrogens is 306 g/mol. The van der Waals surface area contributed by atoms with Crippen molar-refractivity contribution in [3.8, 4) is 0 Å². The molecular formula is C14H11Cl2FOS. The third-order valence-corrected chi connectivity index (χ3v) is 4.42. The predicted molar refractivity (Wildman–Crippen MR) is 77.6 cm³/mol. The summed E-state index contributed by atoms with van der Waals surface area (Å²) in [5, 5.41) is 10.6. The fourth-order valence-corrected chi connectivity index (χ4v) is 3.05. The topological polar surface area (TPSA) is 20.2 Å². The van der Waals surface area contributed by atoms with E-state index in [-0.39, 0.29) is 5.82 Å². The van der Waals surface area contributed by atoms with Gasteiger partial charge < -0.3 is 5.11 Å². The van der Waals surface area contributed by atoms with Crippen molar-refractivity contribution in [2.45, 2.75) is 22.8 Å². The molecule has 0 heterocycles. The standard InChI is InChI=1S/C14H11Cl2FOS/c1-8(18)10-3-2-4-13(17)14(10)19-9-5-6-11(15)12(16)7-9/h2-8,18H,1H3/t8-/m0/s1. The van der Waals surface area contributed by atoms with Gasteiger partial charge in [-0.2, -0.15) is 0 Å². The van der Waals surface area contributed by atoms with Crippen LogP contribution in [0.5, 0.6) is 0 Å². The lowest BCUT2D eigenvalue weighted by Gasteiger charge is -2.12. The first kappa shape index (κ1) is 14.7. The molecule has 0 aliphatic rings. The van der Waals surface area contributed by atoms with Crippen LogP contribution in [-0.2, 0) is 0 Å². The van der Waals surface area contributed by atoms with Gasteiger partial charge in [0.05, 0.1) is 21.0 Å². The van der Waals surface area contributed by atoms with Crippen molar-refractivity contribution < 1.29 is 9.50 Å². The highest BCUT2D eigenvalue weighted by Crippen LogP contribution is 2.37. The first-order valence-corrected chi connectivity index (χ1v) is 7.15. The minimum absolute atomic E-state index is 0.366. The van der Waals surface area contributed by atoms with Crippen molar-refractivity contribution in [2.75, 3.05) is 0 Å².